The fraction of sp³-hybridized carbons (Fsp3) is 0.517. The first-order valence-corrected chi connectivity index (χ1v) is 13.6. The summed E-state index contributed by atoms with van der Waals surface area (Å²) in [5, 5.41) is 34.2. The molecule has 2 aliphatic rings. The maximum absolute atomic E-state index is 13.8. The third-order valence-corrected chi connectivity index (χ3v) is 7.40. The Morgan fingerprint density at radius 3 is 2.64 bits per heavy atom. The number of carbonyl (C=O) groups excluding carboxylic acids is 2. The van der Waals surface area contributed by atoms with Gasteiger partial charge in [0.05, 0.1) is 11.8 Å². The number of carbonyl (C=O) groups is 2. The van der Waals surface area contributed by atoms with E-state index in [0.29, 0.717) is 11.7 Å². The Morgan fingerprint density at radius 1 is 1.15 bits per heavy atom. The summed E-state index contributed by atoms with van der Waals surface area (Å²) in [7, 11) is 0. The molecule has 1 aliphatic carbocycles. The Balaban J connectivity index is 1.21. The van der Waals surface area contributed by atoms with E-state index < -0.39 is 35.6 Å². The van der Waals surface area contributed by atoms with Crippen LogP contribution in [0.2, 0.25) is 0 Å². The Kier molecular flexibility index (Phi) is 7.59. The van der Waals surface area contributed by atoms with Gasteiger partial charge in [-0.2, -0.15) is 0 Å². The lowest BCUT2D eigenvalue weighted by molar-refractivity contribution is -0.144. The molecule has 0 radical (unpaired) electrons. The molecule has 2 aromatic carbocycles. The fourth-order valence-corrected chi connectivity index (χ4v) is 5.23. The van der Waals surface area contributed by atoms with E-state index in [1.165, 1.54) is 4.90 Å². The SMILES string of the molecule is CC(C)(C)[C@@H](C(=O)N1C[C@H](O)C[C@H]1C(=O)NCC(O)COc1cccc2ccccc12)n1cc(C2CC2)nn1. The molecule has 2 fully saturated rings. The number of amides is 2. The summed E-state index contributed by atoms with van der Waals surface area (Å²) in [5.74, 6) is 0.346. The van der Waals surface area contributed by atoms with Crippen LogP contribution in [0.3, 0.4) is 0 Å². The second-order valence-electron chi connectivity index (χ2n) is 11.7. The zero-order chi connectivity index (χ0) is 27.7. The molecule has 1 saturated heterocycles. The second kappa shape index (κ2) is 10.9. The summed E-state index contributed by atoms with van der Waals surface area (Å²) >= 11 is 0. The van der Waals surface area contributed by atoms with Gasteiger partial charge in [0.2, 0.25) is 11.8 Å². The fourth-order valence-electron chi connectivity index (χ4n) is 5.23. The van der Waals surface area contributed by atoms with Crippen LogP contribution in [0.1, 0.15) is 57.7 Å². The minimum absolute atomic E-state index is 0.00799. The van der Waals surface area contributed by atoms with Crippen LogP contribution in [0.4, 0.5) is 0 Å². The molecule has 3 N–H and O–H groups in total. The van der Waals surface area contributed by atoms with Crippen LogP contribution in [0.25, 0.3) is 10.8 Å². The van der Waals surface area contributed by atoms with Gasteiger partial charge < -0.3 is 25.2 Å². The molecule has 1 unspecified atom stereocenters. The standard InChI is InChI=1S/C29H37N5O5/c1-29(2,3)26(34-16-23(31-32-34)19-11-12-19)28(38)33-15-20(35)13-24(33)27(37)30-14-21(36)17-39-25-10-6-8-18-7-4-5-9-22(18)25/h4-10,16,19-21,24,26,35-36H,11-15,17H2,1-3H3,(H,30,37)/t20-,21?,24+,26-/m1/s1. The van der Waals surface area contributed by atoms with E-state index in [4.69, 9.17) is 4.74 Å². The molecule has 10 nitrogen and oxygen atoms in total. The minimum Gasteiger partial charge on any atom is -0.490 e. The molecule has 2 amide bonds. The molecular weight excluding hydrogens is 498 g/mol. The number of benzene rings is 2. The number of nitrogens with zero attached hydrogens (tertiary/aromatic N) is 4. The average molecular weight is 536 g/mol. The smallest absolute Gasteiger partial charge is 0.248 e. The number of aliphatic hydroxyl groups excluding tert-OH is 2. The highest BCUT2D eigenvalue weighted by Gasteiger charge is 2.45. The van der Waals surface area contributed by atoms with Gasteiger partial charge in [0, 0.05) is 37.0 Å². The van der Waals surface area contributed by atoms with Crippen LogP contribution in [0.5, 0.6) is 5.75 Å². The van der Waals surface area contributed by atoms with Crippen molar-refractivity contribution in [2.75, 3.05) is 19.7 Å². The van der Waals surface area contributed by atoms with Gasteiger partial charge in [-0.1, -0.05) is 62.4 Å². The molecule has 1 saturated carbocycles. The van der Waals surface area contributed by atoms with Crippen molar-refractivity contribution in [3.8, 4) is 5.75 Å². The lowest BCUT2D eigenvalue weighted by Gasteiger charge is -2.34. The van der Waals surface area contributed by atoms with Crippen LogP contribution < -0.4 is 10.1 Å². The van der Waals surface area contributed by atoms with Crippen LogP contribution in [0.15, 0.2) is 48.7 Å². The first-order chi connectivity index (χ1) is 18.6. The van der Waals surface area contributed by atoms with Gasteiger partial charge in [-0.15, -0.1) is 5.10 Å². The van der Waals surface area contributed by atoms with E-state index >= 15 is 0 Å². The van der Waals surface area contributed by atoms with Gasteiger partial charge in [-0.05, 0) is 29.7 Å². The van der Waals surface area contributed by atoms with Gasteiger partial charge in [-0.3, -0.25) is 9.59 Å². The molecule has 3 aromatic rings. The first kappa shape index (κ1) is 27.1. The number of nitrogens with one attached hydrogen (secondary N) is 1. The van der Waals surface area contributed by atoms with Crippen LogP contribution in [-0.4, -0.2) is 79.9 Å². The minimum atomic E-state index is -0.957. The van der Waals surface area contributed by atoms with Crippen molar-refractivity contribution in [1.29, 1.82) is 0 Å². The lowest BCUT2D eigenvalue weighted by atomic mass is 9.85. The molecular formula is C29H37N5O5. The van der Waals surface area contributed by atoms with E-state index in [-0.39, 0.29) is 32.0 Å². The Bertz CT molecular complexity index is 1330. The molecule has 2 heterocycles. The topological polar surface area (TPSA) is 130 Å². The summed E-state index contributed by atoms with van der Waals surface area (Å²) in [6.07, 6.45) is 2.34. The van der Waals surface area contributed by atoms with Crippen LogP contribution >= 0.6 is 0 Å². The maximum Gasteiger partial charge on any atom is 0.248 e. The summed E-state index contributed by atoms with van der Waals surface area (Å²) < 4.78 is 7.44. The van der Waals surface area contributed by atoms with Crippen LogP contribution in [-0.2, 0) is 9.59 Å². The normalized spacial score (nSPS) is 21.1. The number of rotatable bonds is 9. The number of ether oxygens (including phenoxy) is 1. The van der Waals surface area contributed by atoms with E-state index in [0.717, 1.165) is 29.3 Å². The number of hydrogen-bond donors (Lipinski definition) is 3. The molecule has 5 rings (SSSR count). The number of aromatic nitrogens is 3. The van der Waals surface area contributed by atoms with E-state index in [2.05, 4.69) is 15.6 Å². The van der Waals surface area contributed by atoms with Crippen molar-refractivity contribution in [1.82, 2.24) is 25.2 Å². The molecule has 1 aromatic heterocycles. The highest BCUT2D eigenvalue weighted by atomic mass is 16.5. The summed E-state index contributed by atoms with van der Waals surface area (Å²) in [4.78, 5) is 28.4. The van der Waals surface area contributed by atoms with Crippen molar-refractivity contribution in [2.45, 2.75) is 70.2 Å². The predicted octanol–water partition coefficient (Wildman–Crippen LogP) is 2.41. The van der Waals surface area contributed by atoms with Crippen molar-refractivity contribution < 1.29 is 24.5 Å². The predicted molar refractivity (Wildman–Crippen MR) is 145 cm³/mol. The van der Waals surface area contributed by atoms with Gasteiger partial charge in [0.1, 0.15) is 30.5 Å². The Morgan fingerprint density at radius 2 is 1.90 bits per heavy atom. The third kappa shape index (κ3) is 6.07. The molecule has 10 heteroatoms. The number of β-amino-alcohol motifs (C(OH)–C–C–N with tert-alkyl or cyclic N) is 1. The largest absolute Gasteiger partial charge is 0.490 e. The molecule has 208 valence electrons. The highest BCUT2D eigenvalue weighted by molar-refractivity contribution is 5.90. The highest BCUT2D eigenvalue weighted by Crippen LogP contribution is 2.40. The number of hydrogen-bond acceptors (Lipinski definition) is 7. The number of fused-ring (bicyclic) bond motifs is 1. The number of likely N-dealkylation sites (tertiary alicyclic amines) is 1. The molecule has 1 aliphatic heterocycles. The van der Waals surface area contributed by atoms with E-state index in [9.17, 15) is 19.8 Å². The lowest BCUT2D eigenvalue weighted by Crippen LogP contribution is -2.51. The summed E-state index contributed by atoms with van der Waals surface area (Å²) in [5.41, 5.74) is 0.377. The van der Waals surface area contributed by atoms with Gasteiger partial charge >= 0.3 is 0 Å². The van der Waals surface area contributed by atoms with Gasteiger partial charge in [0.25, 0.3) is 0 Å². The number of aliphatic hydroxyl groups is 2. The molecule has 4 atom stereocenters. The van der Waals surface area contributed by atoms with Crippen molar-refractivity contribution >= 4 is 22.6 Å². The van der Waals surface area contributed by atoms with Gasteiger partial charge in [0.15, 0.2) is 0 Å². The molecule has 39 heavy (non-hydrogen) atoms. The van der Waals surface area contributed by atoms with Gasteiger partial charge in [-0.25, -0.2) is 4.68 Å². The zero-order valence-electron chi connectivity index (χ0n) is 22.7. The quantitative estimate of drug-likeness (QED) is 0.384. The first-order valence-electron chi connectivity index (χ1n) is 13.6. The zero-order valence-corrected chi connectivity index (χ0v) is 22.7. The van der Waals surface area contributed by atoms with Crippen LogP contribution in [0, 0.1) is 5.41 Å². The van der Waals surface area contributed by atoms with E-state index in [1.807, 2.05) is 69.4 Å². The van der Waals surface area contributed by atoms with E-state index in [1.54, 1.807) is 4.68 Å². The third-order valence-electron chi connectivity index (χ3n) is 7.40. The van der Waals surface area contributed by atoms with Crippen molar-refractivity contribution in [2.24, 2.45) is 5.41 Å². The average Bonchev–Trinajstić information content (AvgIpc) is 3.51. The monoisotopic (exact) mass is 535 g/mol. The maximum atomic E-state index is 13.8. The Labute approximate surface area is 227 Å². The molecule has 0 bridgehead atoms. The van der Waals surface area contributed by atoms with Crippen molar-refractivity contribution in [3.63, 3.8) is 0 Å². The second-order valence-corrected chi connectivity index (χ2v) is 11.7. The Hall–Kier alpha value is -3.50. The summed E-state index contributed by atoms with van der Waals surface area (Å²) in [6, 6.07) is 12.0. The summed E-state index contributed by atoms with van der Waals surface area (Å²) in [6.45, 7) is 5.84. The molecule has 0 spiro atoms. The van der Waals surface area contributed by atoms with Crippen molar-refractivity contribution in [3.05, 3.63) is 54.4 Å².